The molecule has 2 fully saturated rings. The Balaban J connectivity index is 1.58. The maximum Gasteiger partial charge on any atom is 0.252 e. The zero-order chi connectivity index (χ0) is 13.2. The summed E-state index contributed by atoms with van der Waals surface area (Å²) in [4.78, 5) is 16.0. The van der Waals surface area contributed by atoms with E-state index in [0.29, 0.717) is 16.5 Å². The highest BCUT2D eigenvalue weighted by Gasteiger charge is 2.38. The number of hydrogen-bond acceptors (Lipinski definition) is 2. The van der Waals surface area contributed by atoms with Crippen molar-refractivity contribution in [2.75, 3.05) is 6.54 Å². The summed E-state index contributed by atoms with van der Waals surface area (Å²) in [5, 5.41) is 3.46. The Morgan fingerprint density at radius 1 is 1.37 bits per heavy atom. The van der Waals surface area contributed by atoms with E-state index >= 15 is 0 Å². The van der Waals surface area contributed by atoms with Crippen LogP contribution in [0.25, 0.3) is 0 Å². The molecule has 3 atom stereocenters. The third-order valence-corrected chi connectivity index (χ3v) is 5.07. The highest BCUT2D eigenvalue weighted by molar-refractivity contribution is 6.33. The first-order valence-corrected chi connectivity index (χ1v) is 7.51. The predicted molar refractivity (Wildman–Crippen MR) is 75.1 cm³/mol. The van der Waals surface area contributed by atoms with Crippen molar-refractivity contribution in [2.24, 2.45) is 17.8 Å². The summed E-state index contributed by atoms with van der Waals surface area (Å²) >= 11 is 5.98. The van der Waals surface area contributed by atoms with Crippen molar-refractivity contribution in [1.82, 2.24) is 10.3 Å². The van der Waals surface area contributed by atoms with Gasteiger partial charge in [0.05, 0.1) is 10.6 Å². The maximum atomic E-state index is 12.1. The Hall–Kier alpha value is -1.09. The lowest BCUT2D eigenvalue weighted by Gasteiger charge is -2.19. The number of rotatable bonds is 3. The standard InChI is InChI=1S/C15H19ClN2O/c16-14-9-17-7-6-13(14)15(19)18-8-11-5-4-10-2-1-3-12(10)11/h6-7,9-12H,1-5,8H2,(H,18,19)/t10-,11+,12-/m0/s1. The average Bonchev–Trinajstić information content (AvgIpc) is 3.00. The van der Waals surface area contributed by atoms with Crippen LogP contribution in [0.15, 0.2) is 18.5 Å². The number of halogens is 1. The second-order valence-electron chi connectivity index (χ2n) is 5.76. The molecular weight excluding hydrogens is 260 g/mol. The molecule has 0 unspecified atom stereocenters. The molecule has 1 N–H and O–H groups in total. The number of nitrogens with one attached hydrogen (secondary N) is 1. The number of carbonyl (C=O) groups excluding carboxylic acids is 1. The van der Waals surface area contributed by atoms with Crippen molar-refractivity contribution in [3.8, 4) is 0 Å². The lowest BCUT2D eigenvalue weighted by molar-refractivity contribution is 0.0943. The molecule has 4 heteroatoms. The second-order valence-corrected chi connectivity index (χ2v) is 6.17. The number of amides is 1. The van der Waals surface area contributed by atoms with Crippen LogP contribution in [-0.2, 0) is 0 Å². The Morgan fingerprint density at radius 2 is 2.26 bits per heavy atom. The molecule has 0 bridgehead atoms. The lowest BCUT2D eigenvalue weighted by Crippen LogP contribution is -2.31. The van der Waals surface area contributed by atoms with Gasteiger partial charge in [-0.3, -0.25) is 9.78 Å². The van der Waals surface area contributed by atoms with E-state index in [4.69, 9.17) is 11.6 Å². The van der Waals surface area contributed by atoms with Gasteiger partial charge in [-0.25, -0.2) is 0 Å². The van der Waals surface area contributed by atoms with Gasteiger partial charge in [0.25, 0.3) is 5.91 Å². The van der Waals surface area contributed by atoms with E-state index in [2.05, 4.69) is 10.3 Å². The number of nitrogens with zero attached hydrogens (tertiary/aromatic N) is 1. The summed E-state index contributed by atoms with van der Waals surface area (Å²) in [6.45, 7) is 0.790. The number of fused-ring (bicyclic) bond motifs is 1. The van der Waals surface area contributed by atoms with Crippen LogP contribution < -0.4 is 5.32 Å². The molecule has 3 rings (SSSR count). The van der Waals surface area contributed by atoms with Gasteiger partial charge < -0.3 is 5.32 Å². The zero-order valence-electron chi connectivity index (χ0n) is 10.9. The highest BCUT2D eigenvalue weighted by Crippen LogP contribution is 2.47. The third-order valence-electron chi connectivity index (χ3n) is 4.77. The molecule has 0 aromatic carbocycles. The summed E-state index contributed by atoms with van der Waals surface area (Å²) in [5.41, 5.74) is 0.526. The van der Waals surface area contributed by atoms with Crippen LogP contribution in [0.5, 0.6) is 0 Å². The van der Waals surface area contributed by atoms with E-state index in [0.717, 1.165) is 18.4 Å². The van der Waals surface area contributed by atoms with Crippen molar-refractivity contribution in [2.45, 2.75) is 32.1 Å². The van der Waals surface area contributed by atoms with Crippen LogP contribution in [0.1, 0.15) is 42.5 Å². The fourth-order valence-electron chi connectivity index (χ4n) is 3.82. The minimum atomic E-state index is -0.0751. The predicted octanol–water partition coefficient (Wildman–Crippen LogP) is 3.29. The summed E-state index contributed by atoms with van der Waals surface area (Å²) in [6, 6.07) is 1.67. The summed E-state index contributed by atoms with van der Waals surface area (Å²) < 4.78 is 0. The van der Waals surface area contributed by atoms with Gasteiger partial charge in [0.2, 0.25) is 0 Å². The Kier molecular flexibility index (Phi) is 3.74. The van der Waals surface area contributed by atoms with Gasteiger partial charge in [0, 0.05) is 18.9 Å². The van der Waals surface area contributed by atoms with Gasteiger partial charge in [-0.15, -0.1) is 0 Å². The second kappa shape index (κ2) is 5.49. The Labute approximate surface area is 118 Å². The number of aromatic nitrogens is 1. The Morgan fingerprint density at radius 3 is 3.11 bits per heavy atom. The van der Waals surface area contributed by atoms with Gasteiger partial charge in [-0.2, -0.15) is 0 Å². The quantitative estimate of drug-likeness (QED) is 0.922. The smallest absolute Gasteiger partial charge is 0.252 e. The van der Waals surface area contributed by atoms with Crippen LogP contribution >= 0.6 is 11.6 Å². The minimum Gasteiger partial charge on any atom is -0.352 e. The van der Waals surface area contributed by atoms with E-state index in [1.54, 1.807) is 12.3 Å². The number of hydrogen-bond donors (Lipinski definition) is 1. The molecule has 2 saturated carbocycles. The van der Waals surface area contributed by atoms with E-state index in [1.807, 2.05) is 0 Å². The van der Waals surface area contributed by atoms with Crippen molar-refractivity contribution in [3.05, 3.63) is 29.0 Å². The maximum absolute atomic E-state index is 12.1. The molecule has 19 heavy (non-hydrogen) atoms. The summed E-state index contributed by atoms with van der Waals surface area (Å²) in [7, 11) is 0. The molecule has 0 spiro atoms. The van der Waals surface area contributed by atoms with Crippen molar-refractivity contribution < 1.29 is 4.79 Å². The topological polar surface area (TPSA) is 42.0 Å². The Bertz CT molecular complexity index is 477. The first-order chi connectivity index (χ1) is 9.25. The SMILES string of the molecule is O=C(NC[C@H]1CC[C@@H]2CCC[C@@H]21)c1ccncc1Cl. The molecule has 1 aromatic heterocycles. The van der Waals surface area contributed by atoms with Crippen LogP contribution in [-0.4, -0.2) is 17.4 Å². The van der Waals surface area contributed by atoms with E-state index in [9.17, 15) is 4.79 Å². The molecule has 102 valence electrons. The molecule has 2 aliphatic carbocycles. The molecule has 3 nitrogen and oxygen atoms in total. The summed E-state index contributed by atoms with van der Waals surface area (Å²) in [5.74, 6) is 2.35. The van der Waals surface area contributed by atoms with Crippen molar-refractivity contribution >= 4 is 17.5 Å². The molecule has 0 saturated heterocycles. The van der Waals surface area contributed by atoms with Gasteiger partial charge in [0.15, 0.2) is 0 Å². The van der Waals surface area contributed by atoms with Crippen LogP contribution in [0.2, 0.25) is 5.02 Å². The van der Waals surface area contributed by atoms with Gasteiger partial charge >= 0.3 is 0 Å². The molecule has 2 aliphatic rings. The highest BCUT2D eigenvalue weighted by atomic mass is 35.5. The largest absolute Gasteiger partial charge is 0.352 e. The zero-order valence-corrected chi connectivity index (χ0v) is 11.7. The fourth-order valence-corrected chi connectivity index (χ4v) is 4.02. The van der Waals surface area contributed by atoms with Crippen molar-refractivity contribution in [1.29, 1.82) is 0 Å². The molecular formula is C15H19ClN2O. The molecule has 0 radical (unpaired) electrons. The number of pyridine rings is 1. The monoisotopic (exact) mass is 278 g/mol. The van der Waals surface area contributed by atoms with Crippen LogP contribution in [0.4, 0.5) is 0 Å². The lowest BCUT2D eigenvalue weighted by atomic mass is 9.92. The normalized spacial score (nSPS) is 29.2. The van der Waals surface area contributed by atoms with Gasteiger partial charge in [-0.1, -0.05) is 24.4 Å². The van der Waals surface area contributed by atoms with Gasteiger partial charge in [-0.05, 0) is 43.1 Å². The average molecular weight is 279 g/mol. The van der Waals surface area contributed by atoms with Gasteiger partial charge in [0.1, 0.15) is 0 Å². The van der Waals surface area contributed by atoms with E-state index in [1.165, 1.54) is 38.3 Å². The molecule has 1 amide bonds. The van der Waals surface area contributed by atoms with E-state index < -0.39 is 0 Å². The van der Waals surface area contributed by atoms with Crippen molar-refractivity contribution in [3.63, 3.8) is 0 Å². The third kappa shape index (κ3) is 2.62. The fraction of sp³-hybridized carbons (Fsp3) is 0.600. The number of carbonyl (C=O) groups is 1. The molecule has 0 aliphatic heterocycles. The molecule has 1 heterocycles. The molecule has 1 aromatic rings. The van der Waals surface area contributed by atoms with Crippen LogP contribution in [0.3, 0.4) is 0 Å². The first-order valence-electron chi connectivity index (χ1n) is 7.13. The summed E-state index contributed by atoms with van der Waals surface area (Å²) in [6.07, 6.45) is 9.84. The van der Waals surface area contributed by atoms with Crippen LogP contribution in [0, 0.1) is 17.8 Å². The van der Waals surface area contributed by atoms with E-state index in [-0.39, 0.29) is 5.91 Å². The minimum absolute atomic E-state index is 0.0751. The first kappa shape index (κ1) is 12.9.